The molecular weight excluding hydrogens is 700 g/mol. The summed E-state index contributed by atoms with van der Waals surface area (Å²) >= 11 is 0. The lowest BCUT2D eigenvalue weighted by Crippen LogP contribution is -2.69. The first-order valence-electron chi connectivity index (χ1n) is 16.1. The van der Waals surface area contributed by atoms with Gasteiger partial charge < -0.3 is 105 Å². The highest BCUT2D eigenvalue weighted by atomic mass is 16.7. The summed E-state index contributed by atoms with van der Waals surface area (Å²) in [5.41, 5.74) is 0. The molecule has 20 atom stereocenters. The maximum atomic E-state index is 12.1. The Bertz CT molecular complexity index is 1140. The van der Waals surface area contributed by atoms with Crippen LogP contribution >= 0.6 is 0 Å². The van der Waals surface area contributed by atoms with Crippen molar-refractivity contribution in [3.8, 4) is 0 Å². The van der Waals surface area contributed by atoms with Crippen molar-refractivity contribution in [2.24, 2.45) is 0 Å². The molecule has 0 aromatic carbocycles. The number of nitrogens with one attached hydrogen (secondary N) is 2. The Balaban J connectivity index is 1.51. The van der Waals surface area contributed by atoms with Gasteiger partial charge in [0, 0.05) is 13.8 Å². The van der Waals surface area contributed by atoms with Crippen LogP contribution in [0.4, 0.5) is 0 Å². The van der Waals surface area contributed by atoms with E-state index in [1.54, 1.807) is 0 Å². The zero-order valence-electron chi connectivity index (χ0n) is 27.4. The number of aliphatic hydroxyl groups is 12. The standard InChI is InChI=1S/C28H48N2O21/c1-7(34)29-13-18(39)23(50-27-21(42)19(40)15(36)9(3-31)47-27)11(5-33)49-26(13)45-6-12-17(38)24(14(25(44)46-12)30-8(2)35)51-28-22(43)20(41)16(37)10(4-32)48-28/h9-28,31-33,36-44H,3-6H2,1-2H3,(H,29,34)(H,30,35)/t9-,10-,11-,12-,13-,14-,15+,16+,17+,18-,19+,20+,21-,22-,23-,24-,25+,26-,27+,28+/m1/s1. The minimum absolute atomic E-state index is 0.703. The van der Waals surface area contributed by atoms with E-state index in [1.807, 2.05) is 0 Å². The summed E-state index contributed by atoms with van der Waals surface area (Å²) < 4.78 is 39.0. The van der Waals surface area contributed by atoms with Crippen LogP contribution in [0.15, 0.2) is 0 Å². The molecule has 4 aliphatic rings. The molecule has 4 saturated heterocycles. The number of hydrogen-bond acceptors (Lipinski definition) is 21. The molecule has 0 radical (unpaired) electrons. The summed E-state index contributed by atoms with van der Waals surface area (Å²) in [6.45, 7) is -0.987. The normalized spacial score (nSPS) is 47.8. The summed E-state index contributed by atoms with van der Waals surface area (Å²) in [5.74, 6) is -1.41. The van der Waals surface area contributed by atoms with Crippen LogP contribution in [0.2, 0.25) is 0 Å². The van der Waals surface area contributed by atoms with Crippen molar-refractivity contribution in [2.45, 2.75) is 137 Å². The summed E-state index contributed by atoms with van der Waals surface area (Å²) in [6.07, 6.45) is -30.8. The van der Waals surface area contributed by atoms with E-state index < -0.39 is 161 Å². The minimum Gasteiger partial charge on any atom is -0.394 e. The Hall–Kier alpha value is -1.82. The molecule has 4 heterocycles. The average molecular weight is 749 g/mol. The number of carbonyl (C=O) groups excluding carboxylic acids is 2. The van der Waals surface area contributed by atoms with Crippen molar-refractivity contribution < 1.29 is 104 Å². The molecule has 4 fully saturated rings. The summed E-state index contributed by atoms with van der Waals surface area (Å²) in [7, 11) is 0. The monoisotopic (exact) mass is 748 g/mol. The Morgan fingerprint density at radius 3 is 1.43 bits per heavy atom. The molecule has 0 aromatic heterocycles. The Morgan fingerprint density at radius 2 is 0.961 bits per heavy atom. The molecule has 2 amide bonds. The van der Waals surface area contributed by atoms with Gasteiger partial charge in [-0.1, -0.05) is 0 Å². The van der Waals surface area contributed by atoms with E-state index in [0.717, 1.165) is 13.8 Å². The molecule has 23 nitrogen and oxygen atoms in total. The molecule has 296 valence electrons. The van der Waals surface area contributed by atoms with Crippen LogP contribution in [0.5, 0.6) is 0 Å². The molecule has 0 saturated carbocycles. The highest BCUT2D eigenvalue weighted by Crippen LogP contribution is 2.32. The Kier molecular flexibility index (Phi) is 14.8. The SMILES string of the molecule is CC(=O)N[C@@H]1[C@@H](O[C@@H]2O[C@H](CO)[C@H](O)[C@H](O)[C@H]2O)[C@@H](O)[C@@H](CO[C@@H]2O[C@H](CO)[C@@H](O[C@@H]3O[C@H](CO)[C@H](O)[C@H](O)[C@H]3O)[C@H](O)[C@H]2NC(C)=O)O[C@@H]1O. The number of ether oxygens (including phenoxy) is 7. The highest BCUT2D eigenvalue weighted by Gasteiger charge is 2.54. The second-order valence-corrected chi connectivity index (χ2v) is 12.7. The van der Waals surface area contributed by atoms with E-state index >= 15 is 0 Å². The molecule has 23 heteroatoms. The van der Waals surface area contributed by atoms with Gasteiger partial charge in [-0.2, -0.15) is 0 Å². The maximum Gasteiger partial charge on any atom is 0.217 e. The van der Waals surface area contributed by atoms with E-state index in [1.165, 1.54) is 0 Å². The van der Waals surface area contributed by atoms with Gasteiger partial charge in [-0.3, -0.25) is 9.59 Å². The molecule has 0 aliphatic carbocycles. The molecule has 0 unspecified atom stereocenters. The fourth-order valence-electron chi connectivity index (χ4n) is 6.25. The molecule has 4 aliphatic heterocycles. The first-order chi connectivity index (χ1) is 24.0. The van der Waals surface area contributed by atoms with Crippen LogP contribution in [0.25, 0.3) is 0 Å². The number of amides is 2. The third kappa shape index (κ3) is 9.29. The number of carbonyl (C=O) groups is 2. The summed E-state index contributed by atoms with van der Waals surface area (Å²) in [4.78, 5) is 24.1. The van der Waals surface area contributed by atoms with Gasteiger partial charge >= 0.3 is 0 Å². The zero-order chi connectivity index (χ0) is 37.9. The maximum absolute atomic E-state index is 12.1. The van der Waals surface area contributed by atoms with Gasteiger partial charge in [-0.25, -0.2) is 0 Å². The van der Waals surface area contributed by atoms with Gasteiger partial charge in [-0.15, -0.1) is 0 Å². The van der Waals surface area contributed by atoms with E-state index in [0.29, 0.717) is 0 Å². The fourth-order valence-corrected chi connectivity index (χ4v) is 6.25. The molecular formula is C28H48N2O21. The van der Waals surface area contributed by atoms with E-state index in [4.69, 9.17) is 33.2 Å². The number of rotatable bonds is 12. The van der Waals surface area contributed by atoms with Gasteiger partial charge in [0.15, 0.2) is 25.2 Å². The lowest BCUT2D eigenvalue weighted by Gasteiger charge is -2.48. The lowest BCUT2D eigenvalue weighted by atomic mass is 9.94. The minimum atomic E-state index is -1.92. The Morgan fingerprint density at radius 1 is 0.510 bits per heavy atom. The number of hydrogen-bond donors (Lipinski definition) is 14. The van der Waals surface area contributed by atoms with Gasteiger partial charge in [0.1, 0.15) is 97.5 Å². The average Bonchev–Trinajstić information content (AvgIpc) is 3.08. The third-order valence-corrected chi connectivity index (χ3v) is 8.99. The molecule has 51 heavy (non-hydrogen) atoms. The van der Waals surface area contributed by atoms with Crippen molar-refractivity contribution in [3.63, 3.8) is 0 Å². The molecule has 0 aromatic rings. The zero-order valence-corrected chi connectivity index (χ0v) is 27.4. The molecule has 0 bridgehead atoms. The van der Waals surface area contributed by atoms with Crippen LogP contribution < -0.4 is 10.6 Å². The van der Waals surface area contributed by atoms with Crippen LogP contribution in [-0.4, -0.2) is 222 Å². The second kappa shape index (κ2) is 18.0. The molecule has 4 rings (SSSR count). The molecule has 0 spiro atoms. The van der Waals surface area contributed by atoms with E-state index in [-0.39, 0.29) is 0 Å². The van der Waals surface area contributed by atoms with Gasteiger partial charge in [-0.05, 0) is 0 Å². The van der Waals surface area contributed by atoms with Crippen molar-refractivity contribution in [1.82, 2.24) is 10.6 Å². The van der Waals surface area contributed by atoms with Crippen molar-refractivity contribution in [3.05, 3.63) is 0 Å². The van der Waals surface area contributed by atoms with Gasteiger partial charge in [0.25, 0.3) is 0 Å². The lowest BCUT2D eigenvalue weighted by molar-refractivity contribution is -0.356. The van der Waals surface area contributed by atoms with E-state index in [2.05, 4.69) is 10.6 Å². The van der Waals surface area contributed by atoms with Crippen molar-refractivity contribution >= 4 is 11.8 Å². The summed E-state index contributed by atoms with van der Waals surface area (Å²) in [5, 5.41) is 129. The Labute approximate surface area is 289 Å². The first kappa shape index (κ1) is 41.9. The van der Waals surface area contributed by atoms with Crippen molar-refractivity contribution in [2.75, 3.05) is 26.4 Å². The van der Waals surface area contributed by atoms with Crippen LogP contribution in [0.3, 0.4) is 0 Å². The quantitative estimate of drug-likeness (QED) is 0.0881. The van der Waals surface area contributed by atoms with Crippen LogP contribution in [-0.2, 0) is 42.7 Å². The van der Waals surface area contributed by atoms with E-state index in [9.17, 15) is 70.9 Å². The van der Waals surface area contributed by atoms with Crippen LogP contribution in [0, 0.1) is 0 Å². The fraction of sp³-hybridized carbons (Fsp3) is 0.929. The van der Waals surface area contributed by atoms with Crippen LogP contribution in [0.1, 0.15) is 13.8 Å². The molecule has 14 N–H and O–H groups in total. The summed E-state index contributed by atoms with van der Waals surface area (Å²) in [6, 6.07) is -3.01. The van der Waals surface area contributed by atoms with Crippen molar-refractivity contribution in [1.29, 1.82) is 0 Å². The van der Waals surface area contributed by atoms with Gasteiger partial charge in [0.05, 0.1) is 26.4 Å². The number of aliphatic hydroxyl groups excluding tert-OH is 12. The second-order valence-electron chi connectivity index (χ2n) is 12.7. The van der Waals surface area contributed by atoms with Gasteiger partial charge in [0.2, 0.25) is 11.8 Å². The predicted octanol–water partition coefficient (Wildman–Crippen LogP) is -9.46. The largest absolute Gasteiger partial charge is 0.394 e. The topological polar surface area (TPSA) is 366 Å². The highest BCUT2D eigenvalue weighted by molar-refractivity contribution is 5.73. The third-order valence-electron chi connectivity index (χ3n) is 8.99. The first-order valence-corrected chi connectivity index (χ1v) is 16.1. The smallest absolute Gasteiger partial charge is 0.217 e. The predicted molar refractivity (Wildman–Crippen MR) is 157 cm³/mol.